The van der Waals surface area contributed by atoms with Crippen LogP contribution in [0.25, 0.3) is 32.8 Å². The monoisotopic (exact) mass is 378 g/mol. The van der Waals surface area contributed by atoms with E-state index >= 15 is 0 Å². The molecule has 0 aliphatic rings. The van der Waals surface area contributed by atoms with E-state index in [1.165, 1.54) is 16.3 Å². The van der Waals surface area contributed by atoms with Gasteiger partial charge in [-0.25, -0.2) is 0 Å². The van der Waals surface area contributed by atoms with Crippen molar-refractivity contribution in [3.8, 4) is 11.3 Å². The molecule has 0 saturated heterocycles. The van der Waals surface area contributed by atoms with Gasteiger partial charge in [-0.1, -0.05) is 109 Å². The lowest BCUT2D eigenvalue weighted by Gasteiger charge is -2.09. The van der Waals surface area contributed by atoms with Gasteiger partial charge in [0.1, 0.15) is 10.7 Å². The van der Waals surface area contributed by atoms with Crippen molar-refractivity contribution >= 4 is 33.3 Å². The molecule has 0 fully saturated rings. The average Bonchev–Trinajstić information content (AvgIpc) is 2.78. The van der Waals surface area contributed by atoms with E-state index in [0.29, 0.717) is 0 Å². The van der Waals surface area contributed by atoms with Gasteiger partial charge in [0, 0.05) is 22.1 Å². The number of fused-ring (bicyclic) bond motifs is 2. The molecular weight excluding hydrogens is 360 g/mol. The highest BCUT2D eigenvalue weighted by Gasteiger charge is 2.11. The van der Waals surface area contributed by atoms with Crippen molar-refractivity contribution < 1.29 is 0 Å². The number of thioether (sulfide) groups is 1. The van der Waals surface area contributed by atoms with Gasteiger partial charge < -0.3 is 0 Å². The van der Waals surface area contributed by atoms with Gasteiger partial charge in [0.25, 0.3) is 0 Å². The molecule has 0 radical (unpaired) electrons. The molecule has 28 heavy (non-hydrogen) atoms. The molecule has 5 aromatic rings. The summed E-state index contributed by atoms with van der Waals surface area (Å²) in [4.78, 5) is 0. The lowest BCUT2D eigenvalue weighted by molar-refractivity contribution is 0.961. The zero-order valence-electron chi connectivity index (χ0n) is 15.2. The Labute approximate surface area is 168 Å². The van der Waals surface area contributed by atoms with Gasteiger partial charge in [-0.05, 0) is 16.3 Å². The number of nitrogens with zero attached hydrogens (tertiary/aromatic N) is 2. The first-order valence-electron chi connectivity index (χ1n) is 9.30. The second-order valence-corrected chi connectivity index (χ2v) is 7.70. The Morgan fingerprint density at radius 3 is 2.18 bits per heavy atom. The van der Waals surface area contributed by atoms with Crippen LogP contribution in [0.1, 0.15) is 5.56 Å². The van der Waals surface area contributed by atoms with Crippen LogP contribution >= 0.6 is 11.8 Å². The van der Waals surface area contributed by atoms with E-state index in [1.54, 1.807) is 11.8 Å². The number of aromatic nitrogens is 2. The summed E-state index contributed by atoms with van der Waals surface area (Å²) in [5, 5.41) is 15.0. The van der Waals surface area contributed by atoms with E-state index in [9.17, 15) is 0 Å². The third-order valence-electron chi connectivity index (χ3n) is 4.89. The smallest absolute Gasteiger partial charge is 0.127 e. The fraction of sp³-hybridized carbons (Fsp3) is 0.0400. The standard InChI is InChI=1S/C25H18N2S/c1-2-9-20(10-3-1)24-22-12-6-7-13-23(22)25(27-26-24)28-17-18-14-15-19-8-4-5-11-21(19)16-18/h1-16H,17H2. The molecule has 0 N–H and O–H groups in total. The van der Waals surface area contributed by atoms with Crippen molar-refractivity contribution in [2.75, 3.05) is 0 Å². The normalized spacial score (nSPS) is 11.1. The molecule has 1 heterocycles. The Hall–Kier alpha value is -3.17. The minimum absolute atomic E-state index is 0.869. The Kier molecular flexibility index (Phi) is 4.51. The van der Waals surface area contributed by atoms with Gasteiger partial charge in [0.2, 0.25) is 0 Å². The van der Waals surface area contributed by atoms with Crippen molar-refractivity contribution in [3.05, 3.63) is 103 Å². The zero-order valence-corrected chi connectivity index (χ0v) is 16.1. The van der Waals surface area contributed by atoms with E-state index in [2.05, 4.69) is 89.1 Å². The van der Waals surface area contributed by atoms with Crippen LogP contribution in [0, 0.1) is 0 Å². The second-order valence-electron chi connectivity index (χ2n) is 6.74. The molecular formula is C25H18N2S. The molecule has 5 rings (SSSR count). The fourth-order valence-electron chi connectivity index (χ4n) is 3.48. The molecule has 0 amide bonds. The maximum absolute atomic E-state index is 4.57. The molecule has 0 spiro atoms. The zero-order chi connectivity index (χ0) is 18.8. The molecule has 4 aromatic carbocycles. The summed E-state index contributed by atoms with van der Waals surface area (Å²) < 4.78 is 0. The molecule has 0 aliphatic heterocycles. The number of hydrogen-bond acceptors (Lipinski definition) is 3. The maximum atomic E-state index is 4.57. The van der Waals surface area contributed by atoms with Crippen LogP contribution in [0.5, 0.6) is 0 Å². The Morgan fingerprint density at radius 1 is 0.607 bits per heavy atom. The van der Waals surface area contributed by atoms with Crippen molar-refractivity contribution in [3.63, 3.8) is 0 Å². The Balaban J connectivity index is 1.49. The van der Waals surface area contributed by atoms with Gasteiger partial charge in [0.15, 0.2) is 0 Å². The molecule has 134 valence electrons. The lowest BCUT2D eigenvalue weighted by atomic mass is 10.1. The highest BCUT2D eigenvalue weighted by atomic mass is 32.2. The quantitative estimate of drug-likeness (QED) is 0.324. The minimum atomic E-state index is 0.869. The van der Waals surface area contributed by atoms with Crippen molar-refractivity contribution in [1.29, 1.82) is 0 Å². The Morgan fingerprint density at radius 2 is 1.32 bits per heavy atom. The van der Waals surface area contributed by atoms with Crippen LogP contribution in [-0.2, 0) is 5.75 Å². The van der Waals surface area contributed by atoms with E-state index in [4.69, 9.17) is 0 Å². The molecule has 1 aromatic heterocycles. The molecule has 0 aliphatic carbocycles. The van der Waals surface area contributed by atoms with Gasteiger partial charge in [-0.15, -0.1) is 10.2 Å². The van der Waals surface area contributed by atoms with E-state index in [-0.39, 0.29) is 0 Å². The molecule has 0 atom stereocenters. The van der Waals surface area contributed by atoms with Gasteiger partial charge in [-0.3, -0.25) is 0 Å². The summed E-state index contributed by atoms with van der Waals surface area (Å²) >= 11 is 1.74. The largest absolute Gasteiger partial charge is 0.149 e. The third-order valence-corrected chi connectivity index (χ3v) is 5.94. The highest BCUT2D eigenvalue weighted by Crippen LogP contribution is 2.33. The highest BCUT2D eigenvalue weighted by molar-refractivity contribution is 7.98. The molecule has 0 saturated carbocycles. The van der Waals surface area contributed by atoms with Crippen LogP contribution in [0.4, 0.5) is 0 Å². The fourth-order valence-corrected chi connectivity index (χ4v) is 4.39. The summed E-state index contributed by atoms with van der Waals surface area (Å²) in [5.74, 6) is 0.869. The first-order valence-corrected chi connectivity index (χ1v) is 10.3. The molecule has 2 nitrogen and oxygen atoms in total. The number of hydrogen-bond donors (Lipinski definition) is 0. The first kappa shape index (κ1) is 17.0. The summed E-state index contributed by atoms with van der Waals surface area (Å²) in [6.07, 6.45) is 0. The second kappa shape index (κ2) is 7.45. The van der Waals surface area contributed by atoms with Gasteiger partial charge >= 0.3 is 0 Å². The summed E-state index contributed by atoms with van der Waals surface area (Å²) in [7, 11) is 0. The maximum Gasteiger partial charge on any atom is 0.127 e. The summed E-state index contributed by atoms with van der Waals surface area (Å²) in [5.41, 5.74) is 3.32. The van der Waals surface area contributed by atoms with E-state index < -0.39 is 0 Å². The first-order chi connectivity index (χ1) is 13.9. The predicted molar refractivity (Wildman–Crippen MR) is 118 cm³/mol. The van der Waals surface area contributed by atoms with Crippen molar-refractivity contribution in [2.24, 2.45) is 0 Å². The average molecular weight is 379 g/mol. The number of benzene rings is 4. The van der Waals surface area contributed by atoms with Crippen LogP contribution in [0.15, 0.2) is 102 Å². The van der Waals surface area contributed by atoms with Crippen LogP contribution in [0.2, 0.25) is 0 Å². The third kappa shape index (κ3) is 3.25. The van der Waals surface area contributed by atoms with Crippen molar-refractivity contribution in [1.82, 2.24) is 10.2 Å². The van der Waals surface area contributed by atoms with Gasteiger partial charge in [0.05, 0.1) is 0 Å². The molecule has 0 unspecified atom stereocenters. The molecule has 0 bridgehead atoms. The van der Waals surface area contributed by atoms with Gasteiger partial charge in [-0.2, -0.15) is 0 Å². The van der Waals surface area contributed by atoms with E-state index in [0.717, 1.165) is 32.8 Å². The summed E-state index contributed by atoms with van der Waals surface area (Å²) in [6, 6.07) is 33.8. The minimum Gasteiger partial charge on any atom is -0.149 e. The predicted octanol–water partition coefficient (Wildman–Crippen LogP) is 6.74. The Bertz CT molecular complexity index is 1270. The van der Waals surface area contributed by atoms with Crippen LogP contribution in [0.3, 0.4) is 0 Å². The molecule has 3 heteroatoms. The van der Waals surface area contributed by atoms with Crippen LogP contribution in [-0.4, -0.2) is 10.2 Å². The number of rotatable bonds is 4. The topological polar surface area (TPSA) is 25.8 Å². The summed E-state index contributed by atoms with van der Waals surface area (Å²) in [6.45, 7) is 0. The van der Waals surface area contributed by atoms with E-state index in [1.807, 2.05) is 18.2 Å². The van der Waals surface area contributed by atoms with Crippen molar-refractivity contribution in [2.45, 2.75) is 10.8 Å². The lowest BCUT2D eigenvalue weighted by Crippen LogP contribution is -1.94. The van der Waals surface area contributed by atoms with Crippen LogP contribution < -0.4 is 0 Å². The SMILES string of the molecule is c1ccc(-c2nnc(SCc3ccc4ccccc4c3)c3ccccc23)cc1.